The van der Waals surface area contributed by atoms with Crippen molar-refractivity contribution in [1.29, 1.82) is 0 Å². The van der Waals surface area contributed by atoms with Gasteiger partial charge in [-0.05, 0) is 44.6 Å². The maximum absolute atomic E-state index is 13.1. The first kappa shape index (κ1) is 19.2. The molecule has 2 amide bonds. The maximum Gasteiger partial charge on any atom is 0.255 e. The summed E-state index contributed by atoms with van der Waals surface area (Å²) in [6.07, 6.45) is 7.24. The molecule has 1 aromatic heterocycles. The van der Waals surface area contributed by atoms with Crippen LogP contribution in [-0.2, 0) is 9.53 Å². The first-order chi connectivity index (χ1) is 13.7. The fourth-order valence-corrected chi connectivity index (χ4v) is 4.34. The van der Waals surface area contributed by atoms with Crippen molar-refractivity contribution in [3.05, 3.63) is 23.9 Å². The van der Waals surface area contributed by atoms with E-state index in [1.165, 1.54) is 0 Å². The quantitative estimate of drug-likeness (QED) is 0.774. The molecule has 1 saturated carbocycles. The predicted octanol–water partition coefficient (Wildman–Crippen LogP) is 2.11. The maximum atomic E-state index is 13.1. The van der Waals surface area contributed by atoms with Crippen molar-refractivity contribution in [1.82, 2.24) is 14.8 Å². The van der Waals surface area contributed by atoms with Crippen LogP contribution in [0, 0.1) is 5.92 Å². The predicted molar refractivity (Wildman–Crippen MR) is 103 cm³/mol. The highest BCUT2D eigenvalue weighted by molar-refractivity contribution is 5.94. The van der Waals surface area contributed by atoms with Gasteiger partial charge in [0.2, 0.25) is 11.8 Å². The molecule has 0 bridgehead atoms. The first-order valence-electron chi connectivity index (χ1n) is 10.4. The molecule has 0 spiro atoms. The van der Waals surface area contributed by atoms with Crippen molar-refractivity contribution < 1.29 is 19.1 Å². The highest BCUT2D eigenvalue weighted by Crippen LogP contribution is 2.35. The third kappa shape index (κ3) is 4.14. The molecule has 7 heteroatoms. The summed E-state index contributed by atoms with van der Waals surface area (Å²) in [5, 5.41) is 0. The van der Waals surface area contributed by atoms with Gasteiger partial charge in [0, 0.05) is 56.6 Å². The van der Waals surface area contributed by atoms with Crippen molar-refractivity contribution in [2.75, 3.05) is 33.4 Å². The monoisotopic (exact) mass is 387 g/mol. The largest absolute Gasteiger partial charge is 0.481 e. The number of nitrogens with zero attached hydrogens (tertiary/aromatic N) is 3. The zero-order valence-electron chi connectivity index (χ0n) is 16.5. The molecular weight excluding hydrogens is 358 g/mol. The van der Waals surface area contributed by atoms with E-state index < -0.39 is 0 Å². The Morgan fingerprint density at radius 3 is 2.57 bits per heavy atom. The SMILES string of the molecule is COc1ccc(C(=O)N2CCCC(N(C(=O)C3CC3)C3CCOCC3)C2)cn1. The Kier molecular flexibility index (Phi) is 5.80. The van der Waals surface area contributed by atoms with Crippen LogP contribution < -0.4 is 4.74 Å². The summed E-state index contributed by atoms with van der Waals surface area (Å²) in [4.78, 5) is 34.2. The van der Waals surface area contributed by atoms with Gasteiger partial charge >= 0.3 is 0 Å². The molecule has 7 nitrogen and oxygen atoms in total. The molecule has 0 N–H and O–H groups in total. The van der Waals surface area contributed by atoms with E-state index in [-0.39, 0.29) is 29.8 Å². The fraction of sp³-hybridized carbons (Fsp3) is 0.667. The number of pyridine rings is 1. The molecule has 1 aromatic rings. The minimum absolute atomic E-state index is 0.0225. The lowest BCUT2D eigenvalue weighted by atomic mass is 9.97. The van der Waals surface area contributed by atoms with Gasteiger partial charge in [-0.25, -0.2) is 4.98 Å². The Morgan fingerprint density at radius 1 is 1.14 bits per heavy atom. The topological polar surface area (TPSA) is 72.0 Å². The van der Waals surface area contributed by atoms with Gasteiger partial charge in [-0.2, -0.15) is 0 Å². The van der Waals surface area contributed by atoms with Crippen molar-refractivity contribution in [2.45, 2.75) is 50.6 Å². The van der Waals surface area contributed by atoms with Gasteiger partial charge in [-0.1, -0.05) is 0 Å². The average molecular weight is 387 g/mol. The van der Waals surface area contributed by atoms with Crippen molar-refractivity contribution in [2.24, 2.45) is 5.92 Å². The summed E-state index contributed by atoms with van der Waals surface area (Å²) in [7, 11) is 1.56. The van der Waals surface area contributed by atoms with Crippen LogP contribution in [0.5, 0.6) is 5.88 Å². The second-order valence-corrected chi connectivity index (χ2v) is 8.00. The van der Waals surface area contributed by atoms with Gasteiger partial charge < -0.3 is 19.3 Å². The number of ether oxygens (including phenoxy) is 2. The minimum Gasteiger partial charge on any atom is -0.481 e. The van der Waals surface area contributed by atoms with Gasteiger partial charge in [0.05, 0.1) is 12.7 Å². The molecule has 3 heterocycles. The zero-order chi connectivity index (χ0) is 19.5. The molecule has 3 fully saturated rings. The van der Waals surface area contributed by atoms with Gasteiger partial charge in [0.15, 0.2) is 0 Å². The molecule has 0 aromatic carbocycles. The Bertz CT molecular complexity index is 698. The lowest BCUT2D eigenvalue weighted by Gasteiger charge is -2.44. The molecule has 3 aliphatic rings. The van der Waals surface area contributed by atoms with Gasteiger partial charge in [0.25, 0.3) is 5.91 Å². The van der Waals surface area contributed by atoms with Crippen molar-refractivity contribution in [3.8, 4) is 5.88 Å². The van der Waals surface area contributed by atoms with Gasteiger partial charge in [0.1, 0.15) is 0 Å². The van der Waals surface area contributed by atoms with Crippen LogP contribution in [0.25, 0.3) is 0 Å². The number of methoxy groups -OCH3 is 1. The van der Waals surface area contributed by atoms with Gasteiger partial charge in [-0.3, -0.25) is 9.59 Å². The molecule has 2 saturated heterocycles. The van der Waals surface area contributed by atoms with E-state index in [1.807, 2.05) is 4.90 Å². The summed E-state index contributed by atoms with van der Waals surface area (Å²) in [5.41, 5.74) is 0.563. The van der Waals surface area contributed by atoms with E-state index >= 15 is 0 Å². The summed E-state index contributed by atoms with van der Waals surface area (Å²) in [5.74, 6) is 0.955. The van der Waals surface area contributed by atoms with E-state index in [4.69, 9.17) is 9.47 Å². The molecule has 1 atom stereocenters. The zero-order valence-corrected chi connectivity index (χ0v) is 16.5. The molecule has 0 radical (unpaired) electrons. The summed E-state index contributed by atoms with van der Waals surface area (Å²) in [6.45, 7) is 2.75. The average Bonchev–Trinajstić information content (AvgIpc) is 3.60. The highest BCUT2D eigenvalue weighted by atomic mass is 16.5. The number of carbonyl (C=O) groups excluding carboxylic acids is 2. The van der Waals surface area contributed by atoms with E-state index in [2.05, 4.69) is 9.88 Å². The smallest absolute Gasteiger partial charge is 0.255 e. The Morgan fingerprint density at radius 2 is 1.93 bits per heavy atom. The normalized spacial score (nSPS) is 23.3. The second kappa shape index (κ2) is 8.47. The second-order valence-electron chi connectivity index (χ2n) is 8.00. The van der Waals surface area contributed by atoms with Crippen molar-refractivity contribution in [3.63, 3.8) is 0 Å². The molecule has 2 aliphatic heterocycles. The standard InChI is InChI=1S/C21H29N3O4/c1-27-19-7-6-16(13-22-19)20(25)23-10-2-3-18(14-23)24(21(26)15-4-5-15)17-8-11-28-12-9-17/h6-7,13,15,17-18H,2-5,8-12,14H2,1H3. The molecule has 152 valence electrons. The van der Waals surface area contributed by atoms with E-state index in [0.29, 0.717) is 31.2 Å². The number of hydrogen-bond donors (Lipinski definition) is 0. The molecule has 28 heavy (non-hydrogen) atoms. The number of piperidine rings is 1. The Balaban J connectivity index is 1.48. The summed E-state index contributed by atoms with van der Waals surface area (Å²) < 4.78 is 10.6. The highest BCUT2D eigenvalue weighted by Gasteiger charge is 2.41. The number of hydrogen-bond acceptors (Lipinski definition) is 5. The first-order valence-corrected chi connectivity index (χ1v) is 10.4. The molecule has 4 rings (SSSR count). The third-order valence-corrected chi connectivity index (χ3v) is 6.03. The molecule has 1 unspecified atom stereocenters. The number of carbonyl (C=O) groups is 2. The lowest BCUT2D eigenvalue weighted by Crippen LogP contribution is -2.56. The minimum atomic E-state index is -0.0225. The molecular formula is C21H29N3O4. The Hall–Kier alpha value is -2.15. The van der Waals surface area contributed by atoms with E-state index in [9.17, 15) is 9.59 Å². The Labute approximate surface area is 166 Å². The van der Waals surface area contributed by atoms with Crippen LogP contribution in [0.3, 0.4) is 0 Å². The number of rotatable bonds is 5. The van der Waals surface area contributed by atoms with Gasteiger partial charge in [-0.15, -0.1) is 0 Å². The number of amides is 2. The van der Waals surface area contributed by atoms with Crippen LogP contribution in [0.4, 0.5) is 0 Å². The molecule has 1 aliphatic carbocycles. The number of likely N-dealkylation sites (tertiary alicyclic amines) is 1. The third-order valence-electron chi connectivity index (χ3n) is 6.03. The van der Waals surface area contributed by atoms with E-state index in [1.54, 1.807) is 25.4 Å². The van der Waals surface area contributed by atoms with Crippen LogP contribution in [0.1, 0.15) is 48.9 Å². The fourth-order valence-electron chi connectivity index (χ4n) is 4.34. The van der Waals surface area contributed by atoms with E-state index in [0.717, 1.165) is 45.1 Å². The van der Waals surface area contributed by atoms with Crippen molar-refractivity contribution >= 4 is 11.8 Å². The summed E-state index contributed by atoms with van der Waals surface area (Å²) >= 11 is 0. The lowest BCUT2D eigenvalue weighted by molar-refractivity contribution is -0.141. The van der Waals surface area contributed by atoms with Crippen LogP contribution in [0.15, 0.2) is 18.3 Å². The van der Waals surface area contributed by atoms with Crippen LogP contribution >= 0.6 is 0 Å². The summed E-state index contributed by atoms with van der Waals surface area (Å²) in [6, 6.07) is 3.80. The number of aromatic nitrogens is 1. The van der Waals surface area contributed by atoms with Crippen LogP contribution in [-0.4, -0.2) is 72.1 Å². The van der Waals surface area contributed by atoms with Crippen LogP contribution in [0.2, 0.25) is 0 Å².